The molecular formula is C40H29Cl2N3O5S2. The second-order valence-electron chi connectivity index (χ2n) is 11.8. The molecule has 0 spiro atoms. The van der Waals surface area contributed by atoms with Gasteiger partial charge in [0.1, 0.15) is 29.6 Å². The molecule has 1 atom stereocenters. The highest BCUT2D eigenvalue weighted by molar-refractivity contribution is 8.00. The topological polar surface area (TPSA) is 102 Å². The summed E-state index contributed by atoms with van der Waals surface area (Å²) in [5, 5.41) is 21.6. The van der Waals surface area contributed by atoms with Gasteiger partial charge in [0.2, 0.25) is 5.13 Å². The minimum Gasteiger partial charge on any atom is -0.507 e. The number of aryl methyl sites for hydroxylation is 1. The molecule has 1 amide bonds. The van der Waals surface area contributed by atoms with E-state index in [1.807, 2.05) is 67.6 Å². The van der Waals surface area contributed by atoms with Gasteiger partial charge in [-0.25, -0.2) is 0 Å². The van der Waals surface area contributed by atoms with Crippen molar-refractivity contribution in [1.29, 1.82) is 0 Å². The van der Waals surface area contributed by atoms with E-state index < -0.39 is 17.7 Å². The molecule has 1 unspecified atom stereocenters. The molecule has 1 fully saturated rings. The van der Waals surface area contributed by atoms with Crippen LogP contribution in [0.1, 0.15) is 33.9 Å². The summed E-state index contributed by atoms with van der Waals surface area (Å²) in [6.07, 6.45) is 0. The molecule has 7 rings (SSSR count). The van der Waals surface area contributed by atoms with Crippen molar-refractivity contribution in [2.24, 2.45) is 0 Å². The predicted molar refractivity (Wildman–Crippen MR) is 206 cm³/mol. The zero-order valence-electron chi connectivity index (χ0n) is 27.5. The number of ether oxygens (including phenoxy) is 2. The highest BCUT2D eigenvalue weighted by Gasteiger charge is 2.48. The van der Waals surface area contributed by atoms with E-state index in [0.717, 1.165) is 28.0 Å². The largest absolute Gasteiger partial charge is 0.507 e. The lowest BCUT2D eigenvalue weighted by Crippen LogP contribution is -2.29. The van der Waals surface area contributed by atoms with E-state index in [0.29, 0.717) is 55.1 Å². The summed E-state index contributed by atoms with van der Waals surface area (Å²) in [6, 6.07) is 35.3. The minimum absolute atomic E-state index is 0.0900. The molecule has 0 bridgehead atoms. The molecule has 12 heteroatoms. The second-order valence-corrected chi connectivity index (χ2v) is 14.8. The van der Waals surface area contributed by atoms with Crippen LogP contribution in [0.2, 0.25) is 10.0 Å². The lowest BCUT2D eigenvalue weighted by molar-refractivity contribution is -0.132. The molecule has 1 N–H and O–H groups in total. The molecule has 0 radical (unpaired) electrons. The highest BCUT2D eigenvalue weighted by Crippen LogP contribution is 2.45. The molecule has 2 heterocycles. The molecule has 1 saturated heterocycles. The minimum atomic E-state index is -1.03. The van der Waals surface area contributed by atoms with Gasteiger partial charge >= 0.3 is 5.91 Å². The van der Waals surface area contributed by atoms with Crippen LogP contribution in [-0.4, -0.2) is 27.0 Å². The molecule has 260 valence electrons. The number of aliphatic hydroxyl groups is 1. The van der Waals surface area contributed by atoms with E-state index in [4.69, 9.17) is 32.7 Å². The predicted octanol–water partition coefficient (Wildman–Crippen LogP) is 10.4. The fraction of sp³-hybridized carbons (Fsp3) is 0.100. The third-order valence-electron chi connectivity index (χ3n) is 8.35. The number of anilines is 1. The molecule has 1 aliphatic heterocycles. The summed E-state index contributed by atoms with van der Waals surface area (Å²) < 4.78 is 12.6. The van der Waals surface area contributed by atoms with Crippen LogP contribution in [0.4, 0.5) is 5.13 Å². The van der Waals surface area contributed by atoms with Crippen LogP contribution in [0.3, 0.4) is 0 Å². The molecule has 1 aromatic heterocycles. The van der Waals surface area contributed by atoms with Crippen LogP contribution in [0, 0.1) is 6.92 Å². The number of halogens is 2. The Hall–Kier alpha value is -5.13. The van der Waals surface area contributed by atoms with Crippen LogP contribution in [0.5, 0.6) is 17.2 Å². The van der Waals surface area contributed by atoms with Gasteiger partial charge in [0.05, 0.1) is 11.6 Å². The fourth-order valence-electron chi connectivity index (χ4n) is 5.65. The van der Waals surface area contributed by atoms with Gasteiger partial charge in [0, 0.05) is 21.4 Å². The van der Waals surface area contributed by atoms with Crippen LogP contribution in [0.15, 0.2) is 131 Å². The quantitative estimate of drug-likeness (QED) is 0.0457. The first-order valence-electron chi connectivity index (χ1n) is 16.1. The summed E-state index contributed by atoms with van der Waals surface area (Å²) in [6.45, 7) is 2.40. The first-order valence-corrected chi connectivity index (χ1v) is 18.6. The fourth-order valence-corrected chi connectivity index (χ4v) is 8.08. The molecule has 1 aliphatic rings. The number of ketones is 1. The third-order valence-corrected chi connectivity index (χ3v) is 11.0. The molecule has 6 aromatic rings. The Balaban J connectivity index is 1.22. The summed E-state index contributed by atoms with van der Waals surface area (Å²) in [5.74, 6) is 0.143. The number of aliphatic hydroxyl groups excluding tert-OH is 1. The number of nitrogens with zero attached hydrogens (tertiary/aromatic N) is 3. The van der Waals surface area contributed by atoms with Crippen LogP contribution in [0.25, 0.3) is 5.76 Å². The number of thioether (sulfide) groups is 1. The van der Waals surface area contributed by atoms with Crippen LogP contribution in [-0.2, 0) is 21.9 Å². The monoisotopic (exact) mass is 765 g/mol. The van der Waals surface area contributed by atoms with Crippen molar-refractivity contribution in [3.63, 3.8) is 0 Å². The van der Waals surface area contributed by atoms with Crippen molar-refractivity contribution in [2.45, 2.75) is 29.7 Å². The zero-order chi connectivity index (χ0) is 36.2. The summed E-state index contributed by atoms with van der Waals surface area (Å²) in [7, 11) is 0. The first kappa shape index (κ1) is 35.3. The number of para-hydroxylation sites is 1. The number of hydrogen-bond donors (Lipinski definition) is 1. The molecule has 5 aromatic carbocycles. The van der Waals surface area contributed by atoms with Gasteiger partial charge in [-0.15, -0.1) is 10.2 Å². The second kappa shape index (κ2) is 15.6. The van der Waals surface area contributed by atoms with Crippen molar-refractivity contribution in [2.75, 3.05) is 4.90 Å². The number of carbonyl (C=O) groups is 2. The first-order chi connectivity index (χ1) is 25.2. The van der Waals surface area contributed by atoms with Gasteiger partial charge in [-0.3, -0.25) is 14.5 Å². The maximum Gasteiger partial charge on any atom is 0.301 e. The van der Waals surface area contributed by atoms with Crippen molar-refractivity contribution in [3.05, 3.63) is 165 Å². The highest BCUT2D eigenvalue weighted by atomic mass is 35.5. The van der Waals surface area contributed by atoms with Crippen LogP contribution < -0.4 is 14.4 Å². The Bertz CT molecular complexity index is 2300. The standard InChI is InChI=1S/C40H29Cl2N3O5S2/c1-24-8-5-6-9-27(24)22-49-30-18-15-25(16-19-30)36(46)34-35(26-10-7-13-32(20-26)50-31-11-3-2-4-12-31)45(38(48)37(34)47)39-43-44-40(52-39)51-23-28-14-17-29(41)21-33(28)42/h2-21,35,46H,22-23H2,1H3/b36-34+. The Kier molecular flexibility index (Phi) is 10.6. The van der Waals surface area contributed by atoms with Gasteiger partial charge in [0.15, 0.2) is 4.34 Å². The normalized spacial score (nSPS) is 15.2. The summed E-state index contributed by atoms with van der Waals surface area (Å²) in [4.78, 5) is 29.0. The lowest BCUT2D eigenvalue weighted by Gasteiger charge is -2.23. The van der Waals surface area contributed by atoms with Crippen molar-refractivity contribution < 1.29 is 24.2 Å². The van der Waals surface area contributed by atoms with Gasteiger partial charge in [-0.2, -0.15) is 0 Å². The molecule has 8 nitrogen and oxygen atoms in total. The van der Waals surface area contributed by atoms with E-state index in [-0.39, 0.29) is 16.5 Å². The van der Waals surface area contributed by atoms with E-state index in [1.165, 1.54) is 16.7 Å². The molecular weight excluding hydrogens is 737 g/mol. The van der Waals surface area contributed by atoms with E-state index >= 15 is 0 Å². The average Bonchev–Trinajstić information content (AvgIpc) is 3.72. The number of rotatable bonds is 11. The Labute approximate surface area is 318 Å². The number of hydrogen-bond acceptors (Lipinski definition) is 9. The van der Waals surface area contributed by atoms with Gasteiger partial charge < -0.3 is 14.6 Å². The van der Waals surface area contributed by atoms with E-state index in [9.17, 15) is 14.7 Å². The van der Waals surface area contributed by atoms with Crippen LogP contribution >= 0.6 is 46.3 Å². The maximum absolute atomic E-state index is 13.9. The summed E-state index contributed by atoms with van der Waals surface area (Å²) >= 11 is 15.0. The SMILES string of the molecule is Cc1ccccc1COc1ccc(/C(O)=C2\C(=O)C(=O)N(c3nnc(SCc4ccc(Cl)cc4Cl)s3)C2c2cccc(Oc3ccccc3)c2)cc1. The van der Waals surface area contributed by atoms with Crippen molar-refractivity contribution >= 4 is 68.9 Å². The van der Waals surface area contributed by atoms with E-state index in [2.05, 4.69) is 10.2 Å². The number of Topliss-reactive ketones (excluding diaryl/α,β-unsaturated/α-hetero) is 1. The Morgan fingerprint density at radius 1 is 0.827 bits per heavy atom. The maximum atomic E-state index is 13.9. The third kappa shape index (κ3) is 7.70. The number of amides is 1. The number of aromatic nitrogens is 2. The molecule has 0 aliphatic carbocycles. The van der Waals surface area contributed by atoms with Gasteiger partial charge in [-0.05, 0) is 89.8 Å². The molecule has 52 heavy (non-hydrogen) atoms. The number of carbonyl (C=O) groups excluding carboxylic acids is 2. The number of benzene rings is 5. The molecule has 0 saturated carbocycles. The van der Waals surface area contributed by atoms with Crippen molar-refractivity contribution in [3.8, 4) is 17.2 Å². The van der Waals surface area contributed by atoms with Gasteiger partial charge in [0.25, 0.3) is 5.78 Å². The van der Waals surface area contributed by atoms with E-state index in [1.54, 1.807) is 60.7 Å². The summed E-state index contributed by atoms with van der Waals surface area (Å²) in [5.41, 5.74) is 3.82. The van der Waals surface area contributed by atoms with Gasteiger partial charge in [-0.1, -0.05) is 107 Å². The van der Waals surface area contributed by atoms with Crippen molar-refractivity contribution in [1.82, 2.24) is 10.2 Å². The lowest BCUT2D eigenvalue weighted by atomic mass is 9.95. The zero-order valence-corrected chi connectivity index (χ0v) is 30.7. The Morgan fingerprint density at radius 3 is 2.35 bits per heavy atom. The average molecular weight is 767 g/mol. The Morgan fingerprint density at radius 2 is 1.58 bits per heavy atom. The smallest absolute Gasteiger partial charge is 0.301 e.